The third-order valence-electron chi connectivity index (χ3n) is 1.84. The van der Waals surface area contributed by atoms with Crippen molar-refractivity contribution in [3.05, 3.63) is 35.4 Å². The Kier molecular flexibility index (Phi) is 11.9. The van der Waals surface area contributed by atoms with Crippen molar-refractivity contribution in [2.45, 2.75) is 13.8 Å². The standard InChI is InChI=1S/C12H10O6.2Ca.4H/c1-7(13)17-11(15)9-5-3-4-6-10(9)12(16)18-8(2)14;;;;;;/h3-6H,1-2H3;;;;;;. The molecule has 1 aromatic rings. The molecule has 0 radical (unpaired) electrons. The summed E-state index contributed by atoms with van der Waals surface area (Å²) in [6.45, 7) is 2.13. The first-order valence-corrected chi connectivity index (χ1v) is 4.96. The van der Waals surface area contributed by atoms with Gasteiger partial charge in [-0.25, -0.2) is 9.59 Å². The van der Waals surface area contributed by atoms with Crippen LogP contribution >= 0.6 is 0 Å². The first-order chi connectivity index (χ1) is 8.41. The number of esters is 4. The predicted molar refractivity (Wildman–Crippen MR) is 75.7 cm³/mol. The van der Waals surface area contributed by atoms with Gasteiger partial charge in [0.2, 0.25) is 0 Å². The van der Waals surface area contributed by atoms with Crippen molar-refractivity contribution < 1.29 is 28.7 Å². The number of carbonyl (C=O) groups is 4. The Balaban J connectivity index is 0. The van der Waals surface area contributed by atoms with E-state index in [1.807, 2.05) is 0 Å². The summed E-state index contributed by atoms with van der Waals surface area (Å²) in [7, 11) is 0. The number of hydrogen-bond acceptors (Lipinski definition) is 6. The Morgan fingerprint density at radius 3 is 1.30 bits per heavy atom. The Labute approximate surface area is 175 Å². The zero-order chi connectivity index (χ0) is 13.7. The zero-order valence-electron chi connectivity index (χ0n) is 9.76. The number of hydrogen-bond donors (Lipinski definition) is 0. The average molecular weight is 334 g/mol. The molecule has 0 fully saturated rings. The van der Waals surface area contributed by atoms with Crippen LogP contribution in [0.15, 0.2) is 24.3 Å². The summed E-state index contributed by atoms with van der Waals surface area (Å²) in [5.41, 5.74) is -0.280. The first kappa shape index (κ1) is 22.3. The minimum absolute atomic E-state index is 0. The summed E-state index contributed by atoms with van der Waals surface area (Å²) in [4.78, 5) is 44.4. The van der Waals surface area contributed by atoms with Crippen LogP contribution in [0.4, 0.5) is 0 Å². The van der Waals surface area contributed by atoms with E-state index in [1.54, 1.807) is 0 Å². The monoisotopic (exact) mass is 334 g/mol. The summed E-state index contributed by atoms with van der Waals surface area (Å²) in [5.74, 6) is -3.54. The van der Waals surface area contributed by atoms with Gasteiger partial charge in [-0.1, -0.05) is 12.1 Å². The molecule has 0 atom stereocenters. The van der Waals surface area contributed by atoms with E-state index in [9.17, 15) is 19.2 Å². The second-order valence-corrected chi connectivity index (χ2v) is 3.31. The third-order valence-corrected chi connectivity index (χ3v) is 1.84. The summed E-state index contributed by atoms with van der Waals surface area (Å²) < 4.78 is 8.72. The molecule has 0 amide bonds. The summed E-state index contributed by atoms with van der Waals surface area (Å²) in [6.07, 6.45) is 0. The van der Waals surface area contributed by atoms with Crippen LogP contribution < -0.4 is 0 Å². The van der Waals surface area contributed by atoms with Crippen molar-refractivity contribution in [1.82, 2.24) is 0 Å². The van der Waals surface area contributed by atoms with Crippen LogP contribution in [-0.4, -0.2) is 99.4 Å². The van der Waals surface area contributed by atoms with Crippen LogP contribution in [0.25, 0.3) is 0 Å². The quantitative estimate of drug-likeness (QED) is 0.402. The molecule has 0 spiro atoms. The molecule has 102 valence electrons. The van der Waals surface area contributed by atoms with E-state index >= 15 is 0 Å². The van der Waals surface area contributed by atoms with Crippen molar-refractivity contribution in [3.63, 3.8) is 0 Å². The van der Waals surface area contributed by atoms with Crippen molar-refractivity contribution >= 4 is 99.4 Å². The first-order valence-electron chi connectivity index (χ1n) is 4.96. The van der Waals surface area contributed by atoms with Gasteiger partial charge in [0.15, 0.2) is 0 Å². The molecule has 0 saturated heterocycles. The molecule has 0 aliphatic heterocycles. The molecule has 0 bridgehead atoms. The van der Waals surface area contributed by atoms with Gasteiger partial charge < -0.3 is 9.47 Å². The van der Waals surface area contributed by atoms with Gasteiger partial charge in [-0.2, -0.15) is 0 Å². The maximum atomic E-state index is 11.5. The van der Waals surface area contributed by atoms with Gasteiger partial charge in [0.1, 0.15) is 0 Å². The van der Waals surface area contributed by atoms with Crippen LogP contribution in [0.2, 0.25) is 0 Å². The topological polar surface area (TPSA) is 86.7 Å². The molecule has 0 unspecified atom stereocenters. The average Bonchev–Trinajstić information content (AvgIpc) is 2.27. The Morgan fingerprint density at radius 1 is 0.750 bits per heavy atom. The van der Waals surface area contributed by atoms with Crippen molar-refractivity contribution in [2.24, 2.45) is 0 Å². The molecule has 1 aromatic carbocycles. The van der Waals surface area contributed by atoms with E-state index in [4.69, 9.17) is 0 Å². The van der Waals surface area contributed by atoms with Crippen LogP contribution in [0.5, 0.6) is 0 Å². The number of rotatable bonds is 2. The minimum atomic E-state index is -0.974. The molecule has 0 heterocycles. The van der Waals surface area contributed by atoms with E-state index in [2.05, 4.69) is 9.47 Å². The summed E-state index contributed by atoms with van der Waals surface area (Å²) >= 11 is 0. The zero-order valence-corrected chi connectivity index (χ0v) is 9.76. The molecule has 0 aliphatic rings. The number of ether oxygens (including phenoxy) is 2. The van der Waals surface area contributed by atoms with Crippen LogP contribution in [0.3, 0.4) is 0 Å². The van der Waals surface area contributed by atoms with Crippen LogP contribution in [-0.2, 0) is 19.1 Å². The Morgan fingerprint density at radius 2 is 1.05 bits per heavy atom. The van der Waals surface area contributed by atoms with Gasteiger partial charge >= 0.3 is 99.4 Å². The Hall–Kier alpha value is 0.0195. The van der Waals surface area contributed by atoms with E-state index in [1.165, 1.54) is 24.3 Å². The molecule has 20 heavy (non-hydrogen) atoms. The maximum absolute atomic E-state index is 11.5. The molecule has 0 aromatic heterocycles. The molecule has 6 nitrogen and oxygen atoms in total. The number of carbonyl (C=O) groups excluding carboxylic acids is 4. The van der Waals surface area contributed by atoms with Crippen molar-refractivity contribution in [3.8, 4) is 0 Å². The van der Waals surface area contributed by atoms with E-state index in [0.29, 0.717) is 0 Å². The van der Waals surface area contributed by atoms with Crippen LogP contribution in [0, 0.1) is 0 Å². The van der Waals surface area contributed by atoms with E-state index in [-0.39, 0.29) is 86.6 Å². The third kappa shape index (κ3) is 7.15. The molecule has 0 saturated carbocycles. The fourth-order valence-electron chi connectivity index (χ4n) is 1.21. The molecule has 0 aliphatic carbocycles. The molecule has 8 heteroatoms. The van der Waals surface area contributed by atoms with Gasteiger partial charge in [0, 0.05) is 13.8 Å². The van der Waals surface area contributed by atoms with Crippen molar-refractivity contribution in [1.29, 1.82) is 0 Å². The second-order valence-electron chi connectivity index (χ2n) is 3.31. The molecule has 0 N–H and O–H groups in total. The van der Waals surface area contributed by atoms with Crippen molar-refractivity contribution in [2.75, 3.05) is 0 Å². The molecular weight excluding hydrogens is 320 g/mol. The van der Waals surface area contributed by atoms with Gasteiger partial charge in [0.25, 0.3) is 0 Å². The van der Waals surface area contributed by atoms with Crippen LogP contribution in [0.1, 0.15) is 34.6 Å². The van der Waals surface area contributed by atoms with Gasteiger partial charge in [0.05, 0.1) is 11.1 Å². The fourth-order valence-corrected chi connectivity index (χ4v) is 1.21. The van der Waals surface area contributed by atoms with Gasteiger partial charge in [-0.15, -0.1) is 0 Å². The van der Waals surface area contributed by atoms with Gasteiger partial charge in [-0.3, -0.25) is 9.59 Å². The fraction of sp³-hybridized carbons (Fsp3) is 0.167. The normalized spacial score (nSPS) is 8.50. The van der Waals surface area contributed by atoms with Gasteiger partial charge in [-0.05, 0) is 12.1 Å². The van der Waals surface area contributed by atoms with E-state index in [0.717, 1.165) is 13.8 Å². The SMILES string of the molecule is CC(=O)OC(=O)c1ccccc1C(=O)OC(C)=O.[CaH2].[CaH2]. The summed E-state index contributed by atoms with van der Waals surface area (Å²) in [6, 6.07) is 5.56. The molecule has 1 rings (SSSR count). The Bertz CT molecular complexity index is 479. The predicted octanol–water partition coefficient (Wildman–Crippen LogP) is -0.739. The summed E-state index contributed by atoms with van der Waals surface area (Å²) in [5, 5.41) is 0. The second kappa shape index (κ2) is 10.7. The van der Waals surface area contributed by atoms with E-state index < -0.39 is 23.9 Å². The molecular formula is C12H14Ca2O6. The number of benzene rings is 1.